The molecule has 0 bridgehead atoms. The number of rotatable bonds is 3. The Balaban J connectivity index is 2.08. The van der Waals surface area contributed by atoms with Gasteiger partial charge in [0.05, 0.1) is 0 Å². The summed E-state index contributed by atoms with van der Waals surface area (Å²) in [6.07, 6.45) is 0. The number of halogens is 3. The largest absolute Gasteiger partial charge is 0.384 e. The molecule has 0 fully saturated rings. The van der Waals surface area contributed by atoms with Crippen LogP contribution in [0.2, 0.25) is 5.15 Å². The molecule has 0 saturated heterocycles. The van der Waals surface area contributed by atoms with E-state index in [1.165, 1.54) is 18.2 Å². The predicted octanol–water partition coefficient (Wildman–Crippen LogP) is 2.53. The number of nitrogens with one attached hydrogen (secondary N) is 1. The fourth-order valence-corrected chi connectivity index (χ4v) is 1.81. The van der Waals surface area contributed by atoms with Gasteiger partial charge in [0.2, 0.25) is 0 Å². The Hall–Kier alpha value is -2.21. The number of hydrogen-bond donors (Lipinski definition) is 2. The van der Waals surface area contributed by atoms with Crippen LogP contribution in [0.5, 0.6) is 0 Å². The lowest BCUT2D eigenvalue weighted by atomic mass is 10.2. The quantitative estimate of drug-likeness (QED) is 0.856. The van der Waals surface area contributed by atoms with Crippen molar-refractivity contribution >= 4 is 23.3 Å². The van der Waals surface area contributed by atoms with Gasteiger partial charge < -0.3 is 11.1 Å². The minimum absolute atomic E-state index is 0.0786. The van der Waals surface area contributed by atoms with Gasteiger partial charge in [-0.3, -0.25) is 4.79 Å². The fraction of sp³-hybridized carbons (Fsp3) is 0.0769. The third-order valence-electron chi connectivity index (χ3n) is 2.53. The molecule has 104 valence electrons. The third-order valence-corrected chi connectivity index (χ3v) is 2.72. The maximum absolute atomic E-state index is 13.4. The van der Waals surface area contributed by atoms with Gasteiger partial charge in [0.15, 0.2) is 0 Å². The van der Waals surface area contributed by atoms with Gasteiger partial charge in [-0.2, -0.15) is 0 Å². The van der Waals surface area contributed by atoms with E-state index in [9.17, 15) is 13.6 Å². The van der Waals surface area contributed by atoms with Crippen LogP contribution in [0.15, 0.2) is 30.3 Å². The summed E-state index contributed by atoms with van der Waals surface area (Å²) in [5.74, 6) is -1.77. The van der Waals surface area contributed by atoms with Crippen LogP contribution in [-0.2, 0) is 6.54 Å². The molecule has 1 amide bonds. The van der Waals surface area contributed by atoms with E-state index in [0.717, 1.165) is 12.1 Å². The molecule has 2 rings (SSSR count). The first-order chi connectivity index (χ1) is 9.45. The highest BCUT2D eigenvalue weighted by molar-refractivity contribution is 6.29. The van der Waals surface area contributed by atoms with Crippen molar-refractivity contribution in [3.05, 3.63) is 58.2 Å². The van der Waals surface area contributed by atoms with Crippen LogP contribution < -0.4 is 11.1 Å². The van der Waals surface area contributed by atoms with Crippen molar-refractivity contribution < 1.29 is 13.6 Å². The third kappa shape index (κ3) is 3.42. The Bertz CT molecular complexity index is 644. The van der Waals surface area contributed by atoms with Crippen molar-refractivity contribution in [2.75, 3.05) is 5.73 Å². The monoisotopic (exact) mass is 297 g/mol. The van der Waals surface area contributed by atoms with Crippen molar-refractivity contribution in [2.45, 2.75) is 6.54 Å². The fourth-order valence-electron chi connectivity index (χ4n) is 1.59. The number of aromatic nitrogens is 1. The number of nitrogen functional groups attached to an aromatic ring is 1. The van der Waals surface area contributed by atoms with Gasteiger partial charge in [-0.1, -0.05) is 17.7 Å². The number of hydrogen-bond acceptors (Lipinski definition) is 3. The van der Waals surface area contributed by atoms with E-state index in [1.54, 1.807) is 0 Å². The van der Waals surface area contributed by atoms with Crippen LogP contribution >= 0.6 is 11.6 Å². The average molecular weight is 298 g/mol. The van der Waals surface area contributed by atoms with Crippen LogP contribution in [0.1, 0.15) is 15.9 Å². The minimum atomic E-state index is -0.724. The molecule has 3 N–H and O–H groups in total. The highest BCUT2D eigenvalue weighted by Gasteiger charge is 2.10. The maximum Gasteiger partial charge on any atom is 0.251 e. The molecule has 0 saturated carbocycles. The van der Waals surface area contributed by atoms with E-state index in [2.05, 4.69) is 10.3 Å². The number of amides is 1. The molecule has 0 radical (unpaired) electrons. The van der Waals surface area contributed by atoms with Crippen molar-refractivity contribution in [1.29, 1.82) is 0 Å². The van der Waals surface area contributed by atoms with Gasteiger partial charge >= 0.3 is 0 Å². The topological polar surface area (TPSA) is 68.0 Å². The summed E-state index contributed by atoms with van der Waals surface area (Å²) in [5.41, 5.74) is 5.85. The Morgan fingerprint density at radius 2 is 2.05 bits per heavy atom. The second-order valence-electron chi connectivity index (χ2n) is 4.02. The predicted molar refractivity (Wildman–Crippen MR) is 71.2 cm³/mol. The lowest BCUT2D eigenvalue weighted by Gasteiger charge is -2.07. The highest BCUT2D eigenvalue weighted by Crippen LogP contribution is 2.13. The lowest BCUT2D eigenvalue weighted by molar-refractivity contribution is 0.0950. The smallest absolute Gasteiger partial charge is 0.251 e. The summed E-state index contributed by atoms with van der Waals surface area (Å²) < 4.78 is 26.1. The molecule has 0 aliphatic heterocycles. The second-order valence-corrected chi connectivity index (χ2v) is 4.41. The van der Waals surface area contributed by atoms with Crippen molar-refractivity contribution in [3.63, 3.8) is 0 Å². The van der Waals surface area contributed by atoms with Gasteiger partial charge in [0.1, 0.15) is 22.6 Å². The molecule has 20 heavy (non-hydrogen) atoms. The van der Waals surface area contributed by atoms with Gasteiger partial charge in [-0.15, -0.1) is 0 Å². The number of carbonyl (C=O) groups is 1. The number of nitrogens with two attached hydrogens (primary N) is 1. The van der Waals surface area contributed by atoms with Crippen LogP contribution in [-0.4, -0.2) is 10.9 Å². The highest BCUT2D eigenvalue weighted by atomic mass is 35.5. The average Bonchev–Trinajstić information content (AvgIpc) is 2.36. The Morgan fingerprint density at radius 1 is 1.30 bits per heavy atom. The Kier molecular flexibility index (Phi) is 4.14. The van der Waals surface area contributed by atoms with E-state index < -0.39 is 17.5 Å². The van der Waals surface area contributed by atoms with Crippen molar-refractivity contribution in [2.24, 2.45) is 0 Å². The van der Waals surface area contributed by atoms with E-state index in [1.807, 2.05) is 0 Å². The van der Waals surface area contributed by atoms with E-state index in [0.29, 0.717) is 0 Å². The van der Waals surface area contributed by atoms with Crippen molar-refractivity contribution in [3.8, 4) is 0 Å². The van der Waals surface area contributed by atoms with Gasteiger partial charge in [-0.25, -0.2) is 13.8 Å². The molecule has 1 heterocycles. The first-order valence-corrected chi connectivity index (χ1v) is 5.98. The number of carbonyl (C=O) groups excluding carboxylic acids is 1. The zero-order valence-corrected chi connectivity index (χ0v) is 10.9. The molecular formula is C13H10ClF2N3O. The Morgan fingerprint density at radius 3 is 2.70 bits per heavy atom. The molecule has 1 aromatic heterocycles. The molecule has 0 spiro atoms. The summed E-state index contributed by atoms with van der Waals surface area (Å²) in [5, 5.41) is 2.57. The summed E-state index contributed by atoms with van der Waals surface area (Å²) in [6, 6.07) is 5.82. The normalized spacial score (nSPS) is 10.3. The van der Waals surface area contributed by atoms with Gasteiger partial charge in [0, 0.05) is 23.7 Å². The molecular weight excluding hydrogens is 288 g/mol. The number of pyridine rings is 1. The standard InChI is InChI=1S/C13H10ClF2N3O/c14-11-3-8(4-12(17)19-11)13(20)18-6-7-1-2-9(15)5-10(7)16/h1-5H,6H2,(H2,17,19)(H,18,20). The summed E-state index contributed by atoms with van der Waals surface area (Å²) in [7, 11) is 0. The molecule has 2 aromatic rings. The van der Waals surface area contributed by atoms with E-state index >= 15 is 0 Å². The van der Waals surface area contributed by atoms with Gasteiger partial charge in [-0.05, 0) is 18.2 Å². The van der Waals surface area contributed by atoms with Crippen LogP contribution in [0, 0.1) is 11.6 Å². The molecule has 0 atom stereocenters. The van der Waals surface area contributed by atoms with E-state index in [4.69, 9.17) is 17.3 Å². The second kappa shape index (κ2) is 5.83. The number of nitrogens with zero attached hydrogens (tertiary/aromatic N) is 1. The molecule has 7 heteroatoms. The van der Waals surface area contributed by atoms with E-state index in [-0.39, 0.29) is 28.6 Å². The summed E-state index contributed by atoms with van der Waals surface area (Å²) in [6.45, 7) is -0.0786. The van der Waals surface area contributed by atoms with Crippen LogP contribution in [0.25, 0.3) is 0 Å². The number of benzene rings is 1. The Labute approximate surface area is 118 Å². The molecule has 0 unspecified atom stereocenters. The van der Waals surface area contributed by atoms with Gasteiger partial charge in [0.25, 0.3) is 5.91 Å². The van der Waals surface area contributed by atoms with Crippen LogP contribution in [0.3, 0.4) is 0 Å². The summed E-state index contributed by atoms with van der Waals surface area (Å²) >= 11 is 5.68. The number of anilines is 1. The molecule has 1 aromatic carbocycles. The lowest BCUT2D eigenvalue weighted by Crippen LogP contribution is -2.23. The SMILES string of the molecule is Nc1cc(C(=O)NCc2ccc(F)cc2F)cc(Cl)n1. The minimum Gasteiger partial charge on any atom is -0.384 e. The summed E-state index contributed by atoms with van der Waals surface area (Å²) in [4.78, 5) is 15.6. The zero-order chi connectivity index (χ0) is 14.7. The molecule has 0 aliphatic carbocycles. The zero-order valence-electron chi connectivity index (χ0n) is 10.2. The maximum atomic E-state index is 13.4. The molecule has 0 aliphatic rings. The first-order valence-electron chi connectivity index (χ1n) is 5.61. The van der Waals surface area contributed by atoms with Crippen molar-refractivity contribution in [1.82, 2.24) is 10.3 Å². The first kappa shape index (κ1) is 14.2. The molecule has 4 nitrogen and oxygen atoms in total. The van der Waals surface area contributed by atoms with Crippen LogP contribution in [0.4, 0.5) is 14.6 Å².